The van der Waals surface area contributed by atoms with Gasteiger partial charge in [0.15, 0.2) is 0 Å². The smallest absolute Gasteiger partial charge is 0.228 e. The summed E-state index contributed by atoms with van der Waals surface area (Å²) in [7, 11) is 0. The number of nitrogens with zero attached hydrogens (tertiary/aromatic N) is 1. The van der Waals surface area contributed by atoms with Crippen molar-refractivity contribution in [3.8, 4) is 11.8 Å². The number of carbonyl (C=O) groups is 1. The van der Waals surface area contributed by atoms with Crippen molar-refractivity contribution in [1.82, 2.24) is 10.3 Å². The Morgan fingerprint density at radius 2 is 2.50 bits per heavy atom. The maximum Gasteiger partial charge on any atom is 0.228 e. The lowest BCUT2D eigenvalue weighted by Gasteiger charge is -1.92. The molecule has 1 amide bonds. The molecule has 0 saturated heterocycles. The van der Waals surface area contributed by atoms with Crippen LogP contribution in [0.2, 0.25) is 0 Å². The molecule has 0 bridgehead atoms. The van der Waals surface area contributed by atoms with E-state index in [9.17, 15) is 9.18 Å². The summed E-state index contributed by atoms with van der Waals surface area (Å²) >= 11 is 0. The Kier molecular flexibility index (Phi) is 3.62. The second kappa shape index (κ2) is 4.97. The van der Waals surface area contributed by atoms with E-state index in [0.29, 0.717) is 0 Å². The van der Waals surface area contributed by atoms with Crippen LogP contribution in [0.1, 0.15) is 12.5 Å². The molecule has 0 aromatic carbocycles. The average molecular weight is 192 g/mol. The SMILES string of the molecule is CC(=O)NCC#Cc1cccnc1F. The predicted molar refractivity (Wildman–Crippen MR) is 49.8 cm³/mol. The van der Waals surface area contributed by atoms with Gasteiger partial charge in [-0.05, 0) is 12.1 Å². The normalized spacial score (nSPS) is 8.71. The molecule has 14 heavy (non-hydrogen) atoms. The maximum atomic E-state index is 12.9. The second-order valence-electron chi connectivity index (χ2n) is 2.55. The fourth-order valence-corrected chi connectivity index (χ4v) is 0.787. The molecule has 0 aliphatic carbocycles. The zero-order valence-corrected chi connectivity index (χ0v) is 7.67. The zero-order chi connectivity index (χ0) is 10.4. The third kappa shape index (κ3) is 3.23. The molecule has 3 nitrogen and oxygen atoms in total. The van der Waals surface area contributed by atoms with E-state index in [1.165, 1.54) is 19.2 Å². The summed E-state index contributed by atoms with van der Waals surface area (Å²) in [6.07, 6.45) is 1.36. The van der Waals surface area contributed by atoms with Gasteiger partial charge in [0.1, 0.15) is 0 Å². The molecule has 1 rings (SSSR count). The third-order valence-corrected chi connectivity index (χ3v) is 1.41. The van der Waals surface area contributed by atoms with E-state index in [2.05, 4.69) is 22.1 Å². The first kappa shape index (κ1) is 10.2. The Labute approximate surface area is 81.4 Å². The van der Waals surface area contributed by atoms with E-state index in [-0.39, 0.29) is 18.0 Å². The van der Waals surface area contributed by atoms with Crippen molar-refractivity contribution in [3.63, 3.8) is 0 Å². The van der Waals surface area contributed by atoms with Crippen molar-refractivity contribution >= 4 is 5.91 Å². The lowest BCUT2D eigenvalue weighted by molar-refractivity contribution is -0.118. The van der Waals surface area contributed by atoms with Gasteiger partial charge in [-0.25, -0.2) is 4.98 Å². The summed E-state index contributed by atoms with van der Waals surface area (Å²) in [6.45, 7) is 1.61. The summed E-state index contributed by atoms with van der Waals surface area (Å²) in [5.74, 6) is 4.42. The largest absolute Gasteiger partial charge is 0.345 e. The van der Waals surface area contributed by atoms with Gasteiger partial charge in [-0.3, -0.25) is 4.79 Å². The minimum atomic E-state index is -0.595. The fourth-order valence-electron chi connectivity index (χ4n) is 0.787. The number of amides is 1. The second-order valence-corrected chi connectivity index (χ2v) is 2.55. The molecule has 0 unspecified atom stereocenters. The van der Waals surface area contributed by atoms with Gasteiger partial charge in [0.05, 0.1) is 12.1 Å². The van der Waals surface area contributed by atoms with Crippen LogP contribution in [0.15, 0.2) is 18.3 Å². The summed E-state index contributed by atoms with van der Waals surface area (Å²) in [6, 6.07) is 3.13. The summed E-state index contributed by atoms with van der Waals surface area (Å²) in [4.78, 5) is 13.9. The van der Waals surface area contributed by atoms with Gasteiger partial charge < -0.3 is 5.32 Å². The molecule has 0 atom stereocenters. The first-order valence-electron chi connectivity index (χ1n) is 4.04. The van der Waals surface area contributed by atoms with Crippen LogP contribution in [-0.2, 0) is 4.79 Å². The minimum absolute atomic E-state index is 0.161. The van der Waals surface area contributed by atoms with Crippen LogP contribution in [0.25, 0.3) is 0 Å². The summed E-state index contributed by atoms with van der Waals surface area (Å²) in [5.41, 5.74) is 0.234. The lowest BCUT2D eigenvalue weighted by Crippen LogP contribution is -2.19. The van der Waals surface area contributed by atoms with Crippen LogP contribution >= 0.6 is 0 Å². The van der Waals surface area contributed by atoms with Crippen LogP contribution in [0, 0.1) is 17.8 Å². The Bertz CT molecular complexity index is 393. The number of halogens is 1. The van der Waals surface area contributed by atoms with Gasteiger partial charge >= 0.3 is 0 Å². The molecule has 72 valence electrons. The van der Waals surface area contributed by atoms with E-state index in [0.717, 1.165) is 0 Å². The van der Waals surface area contributed by atoms with E-state index in [4.69, 9.17) is 0 Å². The monoisotopic (exact) mass is 192 g/mol. The topological polar surface area (TPSA) is 42.0 Å². The van der Waals surface area contributed by atoms with Crippen molar-refractivity contribution in [3.05, 3.63) is 29.8 Å². The highest BCUT2D eigenvalue weighted by Gasteiger charge is 1.95. The third-order valence-electron chi connectivity index (χ3n) is 1.41. The molecular formula is C10H9FN2O. The molecule has 4 heteroatoms. The number of nitrogens with one attached hydrogen (secondary N) is 1. The number of carbonyl (C=O) groups excluding carboxylic acids is 1. The Morgan fingerprint density at radius 1 is 1.71 bits per heavy atom. The minimum Gasteiger partial charge on any atom is -0.345 e. The zero-order valence-electron chi connectivity index (χ0n) is 7.67. The molecule has 1 N–H and O–H groups in total. The summed E-state index contributed by atoms with van der Waals surface area (Å²) < 4.78 is 12.9. The molecule has 1 heterocycles. The van der Waals surface area contributed by atoms with Gasteiger partial charge in [0.2, 0.25) is 11.9 Å². The molecule has 0 saturated carbocycles. The van der Waals surface area contributed by atoms with Crippen molar-refractivity contribution < 1.29 is 9.18 Å². The van der Waals surface area contributed by atoms with Crippen molar-refractivity contribution in [2.24, 2.45) is 0 Å². The van der Waals surface area contributed by atoms with E-state index in [1.54, 1.807) is 6.07 Å². The van der Waals surface area contributed by atoms with Gasteiger partial charge in [-0.15, -0.1) is 0 Å². The van der Waals surface area contributed by atoms with Crippen molar-refractivity contribution in [1.29, 1.82) is 0 Å². The van der Waals surface area contributed by atoms with E-state index in [1.807, 2.05) is 0 Å². The standard InChI is InChI=1S/C10H9FN2O/c1-8(14)12-6-2-4-9-5-3-7-13-10(9)11/h3,5,7H,6H2,1H3,(H,12,14). The van der Waals surface area contributed by atoms with E-state index < -0.39 is 5.95 Å². The van der Waals surface area contributed by atoms with E-state index >= 15 is 0 Å². The molecule has 0 aliphatic rings. The molecule has 0 spiro atoms. The quantitative estimate of drug-likeness (QED) is 0.526. The summed E-state index contributed by atoms with van der Waals surface area (Å²) in [5, 5.41) is 2.48. The van der Waals surface area contributed by atoms with Gasteiger partial charge in [-0.1, -0.05) is 11.8 Å². The first-order chi connectivity index (χ1) is 6.70. The fraction of sp³-hybridized carbons (Fsp3) is 0.200. The molecule has 1 aromatic heterocycles. The van der Waals surface area contributed by atoms with Gasteiger partial charge in [0.25, 0.3) is 0 Å². The molecular weight excluding hydrogens is 183 g/mol. The highest BCUT2D eigenvalue weighted by Crippen LogP contribution is 1.99. The Balaban J connectivity index is 2.59. The average Bonchev–Trinajstić information content (AvgIpc) is 2.15. The number of aromatic nitrogens is 1. The number of pyridine rings is 1. The first-order valence-corrected chi connectivity index (χ1v) is 4.04. The highest BCUT2D eigenvalue weighted by atomic mass is 19.1. The predicted octanol–water partition coefficient (Wildman–Crippen LogP) is 0.708. The van der Waals surface area contributed by atoms with Crippen LogP contribution in [0.5, 0.6) is 0 Å². The van der Waals surface area contributed by atoms with Crippen LogP contribution < -0.4 is 5.32 Å². The Hall–Kier alpha value is -1.89. The molecule has 0 fully saturated rings. The molecule has 0 radical (unpaired) electrons. The van der Waals surface area contributed by atoms with Crippen LogP contribution in [0.4, 0.5) is 4.39 Å². The number of hydrogen-bond acceptors (Lipinski definition) is 2. The molecule has 1 aromatic rings. The van der Waals surface area contributed by atoms with Gasteiger partial charge in [0, 0.05) is 13.1 Å². The Morgan fingerprint density at radius 3 is 3.14 bits per heavy atom. The number of rotatable bonds is 1. The highest BCUT2D eigenvalue weighted by molar-refractivity contribution is 5.73. The number of hydrogen-bond donors (Lipinski definition) is 1. The maximum absolute atomic E-state index is 12.9. The van der Waals surface area contributed by atoms with Gasteiger partial charge in [-0.2, -0.15) is 4.39 Å². The van der Waals surface area contributed by atoms with Crippen LogP contribution in [-0.4, -0.2) is 17.4 Å². The van der Waals surface area contributed by atoms with Crippen molar-refractivity contribution in [2.75, 3.05) is 6.54 Å². The lowest BCUT2D eigenvalue weighted by atomic mass is 10.3. The van der Waals surface area contributed by atoms with Crippen LogP contribution in [0.3, 0.4) is 0 Å². The molecule has 0 aliphatic heterocycles. The van der Waals surface area contributed by atoms with Crippen molar-refractivity contribution in [2.45, 2.75) is 6.92 Å².